The van der Waals surface area contributed by atoms with Gasteiger partial charge in [-0.25, -0.2) is 0 Å². The van der Waals surface area contributed by atoms with Gasteiger partial charge >= 0.3 is 11.8 Å². The molecule has 0 aromatic carbocycles. The van der Waals surface area contributed by atoms with Gasteiger partial charge in [-0.05, 0) is 41.4 Å². The maximum atomic E-state index is 12.0. The van der Waals surface area contributed by atoms with Crippen LogP contribution in [-0.4, -0.2) is 32.4 Å². The molecule has 1 fully saturated rings. The third-order valence-corrected chi connectivity index (χ3v) is 4.40. The van der Waals surface area contributed by atoms with Crippen molar-refractivity contribution in [3.8, 4) is 0 Å². The van der Waals surface area contributed by atoms with Crippen LogP contribution in [0.15, 0.2) is 16.9 Å². The quantitative estimate of drug-likeness (QED) is 0.758. The lowest BCUT2D eigenvalue weighted by molar-refractivity contribution is 0.0899. The molecule has 22 heavy (non-hydrogen) atoms. The predicted molar refractivity (Wildman–Crippen MR) is 87.3 cm³/mol. The fourth-order valence-electron chi connectivity index (χ4n) is 2.68. The largest absolute Gasteiger partial charge is 0.348 e. The summed E-state index contributed by atoms with van der Waals surface area (Å²) in [4.78, 5) is 16.2. The summed E-state index contributed by atoms with van der Waals surface area (Å²) >= 11 is 2.18. The van der Waals surface area contributed by atoms with Crippen LogP contribution in [0.5, 0.6) is 0 Å². The van der Waals surface area contributed by atoms with Gasteiger partial charge in [0.15, 0.2) is 5.82 Å². The zero-order valence-electron chi connectivity index (χ0n) is 12.2. The van der Waals surface area contributed by atoms with Crippen molar-refractivity contribution >= 4 is 28.5 Å². The molecule has 2 aromatic rings. The number of carbonyl (C=O) groups excluding carboxylic acids is 1. The van der Waals surface area contributed by atoms with Crippen molar-refractivity contribution in [2.24, 2.45) is 5.92 Å². The molecule has 1 aliphatic carbocycles. The van der Waals surface area contributed by atoms with Crippen molar-refractivity contribution in [2.75, 3.05) is 6.54 Å². The highest BCUT2D eigenvalue weighted by Gasteiger charge is 2.18. The van der Waals surface area contributed by atoms with Crippen molar-refractivity contribution in [3.05, 3.63) is 27.7 Å². The molecule has 0 radical (unpaired) electrons. The maximum Gasteiger partial charge on any atom is 0.316 e. The van der Waals surface area contributed by atoms with Crippen LogP contribution < -0.4 is 5.32 Å². The van der Waals surface area contributed by atoms with Crippen LogP contribution in [0.25, 0.3) is 0 Å². The summed E-state index contributed by atoms with van der Waals surface area (Å²) in [5.41, 5.74) is 0. The molecule has 0 aliphatic heterocycles. The molecule has 2 aromatic heterocycles. The second-order valence-corrected chi connectivity index (χ2v) is 6.83. The Labute approximate surface area is 142 Å². The van der Waals surface area contributed by atoms with Crippen LogP contribution in [0.4, 0.5) is 0 Å². The molecule has 8 heteroatoms. The molecule has 7 nitrogen and oxygen atoms in total. The Bertz CT molecular complexity index is 633. The molecule has 3 rings (SSSR count). The highest BCUT2D eigenvalue weighted by Crippen LogP contribution is 2.22. The Morgan fingerprint density at radius 2 is 2.23 bits per heavy atom. The van der Waals surface area contributed by atoms with Gasteiger partial charge in [-0.2, -0.15) is 10.1 Å². The number of nitrogens with zero attached hydrogens (tertiary/aromatic N) is 4. The topological polar surface area (TPSA) is 85.8 Å². The van der Waals surface area contributed by atoms with E-state index in [1.54, 1.807) is 10.9 Å². The average Bonchev–Trinajstić information content (AvgIpc) is 3.16. The molecule has 1 saturated carbocycles. The smallest absolute Gasteiger partial charge is 0.316 e. The lowest BCUT2D eigenvalue weighted by Crippen LogP contribution is -2.30. The zero-order chi connectivity index (χ0) is 15.4. The van der Waals surface area contributed by atoms with E-state index >= 15 is 0 Å². The molecule has 1 N–H and O–H groups in total. The molecule has 1 amide bonds. The van der Waals surface area contributed by atoms with Gasteiger partial charge in [0, 0.05) is 12.7 Å². The summed E-state index contributed by atoms with van der Waals surface area (Å²) < 4.78 is 7.77. The van der Waals surface area contributed by atoms with E-state index in [2.05, 4.69) is 43.1 Å². The number of halogens is 1. The standard InChI is InChI=1S/C14H18IN5O2/c15-11-7-17-20(8-11)9-12-18-14(22-19-12)13(21)16-6-10-4-2-1-3-5-10/h7-8,10H,1-6,9H2,(H,16,21). The summed E-state index contributed by atoms with van der Waals surface area (Å²) in [5, 5.41) is 10.9. The number of hydrogen-bond donors (Lipinski definition) is 1. The Hall–Kier alpha value is -1.45. The first kappa shape index (κ1) is 15.4. The van der Waals surface area contributed by atoms with Gasteiger partial charge in [-0.15, -0.1) is 0 Å². The number of rotatable bonds is 5. The number of carbonyl (C=O) groups is 1. The van der Waals surface area contributed by atoms with Crippen LogP contribution in [-0.2, 0) is 6.54 Å². The minimum absolute atomic E-state index is 0.0210. The Morgan fingerprint density at radius 1 is 1.41 bits per heavy atom. The summed E-state index contributed by atoms with van der Waals surface area (Å²) in [5.74, 6) is 0.751. The summed E-state index contributed by atoms with van der Waals surface area (Å²) in [6, 6.07) is 0. The molecule has 0 saturated heterocycles. The molecule has 0 atom stereocenters. The highest BCUT2D eigenvalue weighted by molar-refractivity contribution is 14.1. The van der Waals surface area contributed by atoms with Gasteiger partial charge in [-0.3, -0.25) is 9.48 Å². The minimum Gasteiger partial charge on any atom is -0.348 e. The monoisotopic (exact) mass is 415 g/mol. The Morgan fingerprint density at radius 3 is 2.95 bits per heavy atom. The Balaban J connectivity index is 1.52. The summed E-state index contributed by atoms with van der Waals surface area (Å²) in [6.45, 7) is 1.08. The van der Waals surface area contributed by atoms with Crippen molar-refractivity contribution in [1.29, 1.82) is 0 Å². The summed E-state index contributed by atoms with van der Waals surface area (Å²) in [6.07, 6.45) is 9.82. The molecular weight excluding hydrogens is 397 g/mol. The zero-order valence-corrected chi connectivity index (χ0v) is 14.3. The normalized spacial score (nSPS) is 15.9. The molecule has 118 valence electrons. The molecule has 0 bridgehead atoms. The van der Waals surface area contributed by atoms with E-state index in [9.17, 15) is 4.79 Å². The van der Waals surface area contributed by atoms with Gasteiger partial charge in [0.2, 0.25) is 0 Å². The van der Waals surface area contributed by atoms with Gasteiger partial charge in [-0.1, -0.05) is 24.4 Å². The lowest BCUT2D eigenvalue weighted by Gasteiger charge is -2.21. The molecule has 0 spiro atoms. The van der Waals surface area contributed by atoms with E-state index in [0.717, 1.165) is 3.57 Å². The molecule has 2 heterocycles. The second kappa shape index (κ2) is 7.21. The fraction of sp³-hybridized carbons (Fsp3) is 0.571. The minimum atomic E-state index is -0.292. The van der Waals surface area contributed by atoms with Crippen molar-refractivity contribution in [2.45, 2.75) is 38.6 Å². The van der Waals surface area contributed by atoms with Gasteiger partial charge in [0.25, 0.3) is 0 Å². The van der Waals surface area contributed by atoms with E-state index in [-0.39, 0.29) is 11.8 Å². The van der Waals surface area contributed by atoms with Gasteiger partial charge in [0.05, 0.1) is 9.77 Å². The molecule has 1 aliphatic rings. The van der Waals surface area contributed by atoms with E-state index in [0.29, 0.717) is 24.8 Å². The first-order valence-electron chi connectivity index (χ1n) is 7.49. The fourth-order valence-corrected chi connectivity index (χ4v) is 3.13. The second-order valence-electron chi connectivity index (χ2n) is 5.59. The average molecular weight is 415 g/mol. The van der Waals surface area contributed by atoms with Crippen molar-refractivity contribution in [1.82, 2.24) is 25.2 Å². The number of hydrogen-bond acceptors (Lipinski definition) is 5. The highest BCUT2D eigenvalue weighted by atomic mass is 127. The van der Waals surface area contributed by atoms with Crippen LogP contribution >= 0.6 is 22.6 Å². The van der Waals surface area contributed by atoms with Crippen LogP contribution in [0.1, 0.15) is 48.6 Å². The third-order valence-electron chi connectivity index (χ3n) is 3.84. The van der Waals surface area contributed by atoms with Crippen LogP contribution in [0.2, 0.25) is 0 Å². The van der Waals surface area contributed by atoms with Crippen LogP contribution in [0, 0.1) is 9.49 Å². The number of amides is 1. The number of nitrogens with one attached hydrogen (secondary N) is 1. The SMILES string of the molecule is O=C(NCC1CCCCC1)c1nc(Cn2cc(I)cn2)no1. The van der Waals surface area contributed by atoms with Crippen molar-refractivity contribution in [3.63, 3.8) is 0 Å². The van der Waals surface area contributed by atoms with Gasteiger partial charge in [0.1, 0.15) is 6.54 Å². The van der Waals surface area contributed by atoms with Crippen molar-refractivity contribution < 1.29 is 9.32 Å². The lowest BCUT2D eigenvalue weighted by atomic mass is 9.89. The third kappa shape index (κ3) is 4.05. The molecule has 0 unspecified atom stereocenters. The first-order valence-corrected chi connectivity index (χ1v) is 8.57. The van der Waals surface area contributed by atoms with E-state index in [1.807, 2.05) is 6.20 Å². The van der Waals surface area contributed by atoms with Gasteiger partial charge < -0.3 is 9.84 Å². The van der Waals surface area contributed by atoms with Crippen LogP contribution in [0.3, 0.4) is 0 Å². The number of aromatic nitrogens is 4. The predicted octanol–water partition coefficient (Wildman–Crippen LogP) is 2.23. The Kier molecular flexibility index (Phi) is 5.06. The first-order chi connectivity index (χ1) is 10.7. The molecular formula is C14H18IN5O2. The van der Waals surface area contributed by atoms with E-state index in [4.69, 9.17) is 4.52 Å². The summed E-state index contributed by atoms with van der Waals surface area (Å²) in [7, 11) is 0. The maximum absolute atomic E-state index is 12.0. The van der Waals surface area contributed by atoms with E-state index < -0.39 is 0 Å². The van der Waals surface area contributed by atoms with E-state index in [1.165, 1.54) is 32.1 Å².